The first kappa shape index (κ1) is 19.9. The smallest absolute Gasteiger partial charge is 0.251 e. The van der Waals surface area contributed by atoms with Gasteiger partial charge in [0.25, 0.3) is 5.91 Å². The van der Waals surface area contributed by atoms with E-state index in [1.807, 2.05) is 36.4 Å². The van der Waals surface area contributed by atoms with E-state index < -0.39 is 0 Å². The van der Waals surface area contributed by atoms with Crippen molar-refractivity contribution in [3.05, 3.63) is 65.5 Å². The van der Waals surface area contributed by atoms with Gasteiger partial charge in [-0.1, -0.05) is 12.1 Å². The van der Waals surface area contributed by atoms with Crippen molar-refractivity contribution in [1.29, 1.82) is 0 Å². The lowest BCUT2D eigenvalue weighted by atomic mass is 10.1. The van der Waals surface area contributed by atoms with E-state index in [2.05, 4.69) is 15.1 Å². The first-order valence-electron chi connectivity index (χ1n) is 10.4. The Bertz CT molecular complexity index is 796. The molecule has 2 fully saturated rings. The largest absolute Gasteiger partial charge is 0.376 e. The molecule has 2 aliphatic heterocycles. The Morgan fingerprint density at radius 1 is 1.03 bits per heavy atom. The summed E-state index contributed by atoms with van der Waals surface area (Å²) in [7, 11) is 0. The fraction of sp³-hybridized carbons (Fsp3) is 0.435. The fourth-order valence-electron chi connectivity index (χ4n) is 3.95. The molecule has 1 atom stereocenters. The van der Waals surface area contributed by atoms with E-state index in [1.165, 1.54) is 17.7 Å². The van der Waals surface area contributed by atoms with Crippen molar-refractivity contribution in [2.24, 2.45) is 0 Å². The lowest BCUT2D eigenvalue weighted by Gasteiger charge is -2.36. The standard InChI is InChI=1S/C23H28FN3O2/c24-20-7-9-21(10-8-20)27-13-11-26(12-14-27)17-18-3-5-19(6-4-18)23(28)25-16-22-2-1-15-29-22/h3-10,22H,1-2,11-17H2,(H,25,28)/t22-/m1/s1. The number of carbonyl (C=O) groups is 1. The molecule has 0 saturated carbocycles. The highest BCUT2D eigenvalue weighted by atomic mass is 19.1. The molecule has 5 nitrogen and oxygen atoms in total. The molecule has 154 valence electrons. The van der Waals surface area contributed by atoms with Gasteiger partial charge in [0.1, 0.15) is 5.82 Å². The number of nitrogens with one attached hydrogen (secondary N) is 1. The zero-order chi connectivity index (χ0) is 20.1. The molecule has 2 aliphatic rings. The van der Waals surface area contributed by atoms with Crippen LogP contribution in [-0.4, -0.2) is 56.2 Å². The lowest BCUT2D eigenvalue weighted by molar-refractivity contribution is 0.0858. The summed E-state index contributed by atoms with van der Waals surface area (Å²) in [5, 5.41) is 2.96. The monoisotopic (exact) mass is 397 g/mol. The molecule has 29 heavy (non-hydrogen) atoms. The molecule has 2 heterocycles. The molecule has 0 unspecified atom stereocenters. The minimum Gasteiger partial charge on any atom is -0.376 e. The van der Waals surface area contributed by atoms with Gasteiger partial charge < -0.3 is 15.0 Å². The van der Waals surface area contributed by atoms with Gasteiger partial charge in [-0.05, 0) is 54.8 Å². The van der Waals surface area contributed by atoms with E-state index in [1.54, 1.807) is 0 Å². The number of anilines is 1. The van der Waals surface area contributed by atoms with Crippen LogP contribution in [0.3, 0.4) is 0 Å². The summed E-state index contributed by atoms with van der Waals surface area (Å²) >= 11 is 0. The van der Waals surface area contributed by atoms with Gasteiger partial charge in [0, 0.05) is 57.1 Å². The van der Waals surface area contributed by atoms with Crippen LogP contribution in [-0.2, 0) is 11.3 Å². The maximum Gasteiger partial charge on any atom is 0.251 e. The van der Waals surface area contributed by atoms with Crippen LogP contribution in [0.25, 0.3) is 0 Å². The summed E-state index contributed by atoms with van der Waals surface area (Å²) in [4.78, 5) is 17.0. The van der Waals surface area contributed by atoms with Gasteiger partial charge >= 0.3 is 0 Å². The van der Waals surface area contributed by atoms with Crippen molar-refractivity contribution >= 4 is 11.6 Å². The molecule has 0 bridgehead atoms. The predicted octanol–water partition coefficient (Wildman–Crippen LogP) is 3.06. The van der Waals surface area contributed by atoms with Crippen LogP contribution in [0.1, 0.15) is 28.8 Å². The van der Waals surface area contributed by atoms with Crippen molar-refractivity contribution in [3.8, 4) is 0 Å². The zero-order valence-corrected chi connectivity index (χ0v) is 16.6. The number of rotatable bonds is 6. The summed E-state index contributed by atoms with van der Waals surface area (Å²) in [6.07, 6.45) is 2.26. The Morgan fingerprint density at radius 2 is 1.76 bits per heavy atom. The lowest BCUT2D eigenvalue weighted by Crippen LogP contribution is -2.45. The number of piperazine rings is 1. The third kappa shape index (κ3) is 5.34. The molecule has 1 amide bonds. The number of nitrogens with zero attached hydrogens (tertiary/aromatic N) is 2. The molecule has 4 rings (SSSR count). The number of hydrogen-bond donors (Lipinski definition) is 1. The Balaban J connectivity index is 1.23. The van der Waals surface area contributed by atoms with E-state index in [-0.39, 0.29) is 17.8 Å². The van der Waals surface area contributed by atoms with Crippen LogP contribution in [0, 0.1) is 5.82 Å². The van der Waals surface area contributed by atoms with Crippen LogP contribution in [0.2, 0.25) is 0 Å². The maximum absolute atomic E-state index is 13.1. The average molecular weight is 397 g/mol. The molecular weight excluding hydrogens is 369 g/mol. The van der Waals surface area contributed by atoms with E-state index >= 15 is 0 Å². The molecule has 0 aromatic heterocycles. The molecule has 0 radical (unpaired) electrons. The molecule has 2 aromatic rings. The first-order valence-corrected chi connectivity index (χ1v) is 10.4. The third-order valence-corrected chi connectivity index (χ3v) is 5.70. The summed E-state index contributed by atoms with van der Waals surface area (Å²) in [6, 6.07) is 14.6. The second-order valence-corrected chi connectivity index (χ2v) is 7.78. The Labute approximate surface area is 171 Å². The molecule has 0 spiro atoms. The highest BCUT2D eigenvalue weighted by Crippen LogP contribution is 2.18. The number of benzene rings is 2. The van der Waals surface area contributed by atoms with Gasteiger partial charge in [0.05, 0.1) is 6.10 Å². The van der Waals surface area contributed by atoms with Gasteiger partial charge in [-0.3, -0.25) is 9.69 Å². The number of halogens is 1. The van der Waals surface area contributed by atoms with Crippen LogP contribution in [0.15, 0.2) is 48.5 Å². The van der Waals surface area contributed by atoms with Gasteiger partial charge in [-0.15, -0.1) is 0 Å². The molecule has 1 N–H and O–H groups in total. The fourth-order valence-corrected chi connectivity index (χ4v) is 3.95. The molecule has 6 heteroatoms. The molecule has 2 aromatic carbocycles. The molecule has 0 aliphatic carbocycles. The Hall–Kier alpha value is -2.44. The zero-order valence-electron chi connectivity index (χ0n) is 16.6. The van der Waals surface area contributed by atoms with Crippen molar-refractivity contribution in [2.75, 3.05) is 44.2 Å². The number of amides is 1. The van der Waals surface area contributed by atoms with E-state index in [4.69, 9.17) is 4.74 Å². The number of hydrogen-bond acceptors (Lipinski definition) is 4. The predicted molar refractivity (Wildman–Crippen MR) is 112 cm³/mol. The van der Waals surface area contributed by atoms with Gasteiger partial charge in [0.2, 0.25) is 0 Å². The van der Waals surface area contributed by atoms with Crippen molar-refractivity contribution < 1.29 is 13.9 Å². The SMILES string of the molecule is O=C(NC[C@H]1CCCO1)c1ccc(CN2CCN(c3ccc(F)cc3)CC2)cc1. The van der Waals surface area contributed by atoms with E-state index in [9.17, 15) is 9.18 Å². The maximum atomic E-state index is 13.1. The minimum atomic E-state index is -0.198. The second kappa shape index (κ2) is 9.37. The Kier molecular flexibility index (Phi) is 6.42. The number of ether oxygens (including phenoxy) is 1. The van der Waals surface area contributed by atoms with Gasteiger partial charge in [-0.25, -0.2) is 4.39 Å². The van der Waals surface area contributed by atoms with Crippen LogP contribution < -0.4 is 10.2 Å². The molecular formula is C23H28FN3O2. The van der Waals surface area contributed by atoms with Crippen molar-refractivity contribution in [1.82, 2.24) is 10.2 Å². The van der Waals surface area contributed by atoms with E-state index in [0.29, 0.717) is 12.1 Å². The molecule has 2 saturated heterocycles. The van der Waals surface area contributed by atoms with Crippen molar-refractivity contribution in [3.63, 3.8) is 0 Å². The number of carbonyl (C=O) groups excluding carboxylic acids is 1. The normalized spacial score (nSPS) is 20.0. The first-order chi connectivity index (χ1) is 14.2. The second-order valence-electron chi connectivity index (χ2n) is 7.78. The van der Waals surface area contributed by atoms with Gasteiger partial charge in [0.15, 0.2) is 0 Å². The van der Waals surface area contributed by atoms with Crippen LogP contribution in [0.5, 0.6) is 0 Å². The Morgan fingerprint density at radius 3 is 2.41 bits per heavy atom. The minimum absolute atomic E-state index is 0.0417. The van der Waals surface area contributed by atoms with E-state index in [0.717, 1.165) is 57.9 Å². The summed E-state index contributed by atoms with van der Waals surface area (Å²) in [5.74, 6) is -0.239. The van der Waals surface area contributed by atoms with Crippen molar-refractivity contribution in [2.45, 2.75) is 25.5 Å². The summed E-state index contributed by atoms with van der Waals surface area (Å²) in [6.45, 7) is 6.02. The quantitative estimate of drug-likeness (QED) is 0.814. The van der Waals surface area contributed by atoms with Crippen LogP contribution >= 0.6 is 0 Å². The topological polar surface area (TPSA) is 44.8 Å². The third-order valence-electron chi connectivity index (χ3n) is 5.70. The van der Waals surface area contributed by atoms with Crippen LogP contribution in [0.4, 0.5) is 10.1 Å². The van der Waals surface area contributed by atoms with Gasteiger partial charge in [-0.2, -0.15) is 0 Å². The summed E-state index contributed by atoms with van der Waals surface area (Å²) < 4.78 is 18.6. The average Bonchev–Trinajstić information content (AvgIpc) is 3.27. The highest BCUT2D eigenvalue weighted by Gasteiger charge is 2.18. The highest BCUT2D eigenvalue weighted by molar-refractivity contribution is 5.94. The summed E-state index contributed by atoms with van der Waals surface area (Å²) in [5.41, 5.74) is 2.97.